The number of morpholine rings is 1. The summed E-state index contributed by atoms with van der Waals surface area (Å²) in [5.41, 5.74) is 9.94. The zero-order valence-corrected chi connectivity index (χ0v) is 19.1. The Kier molecular flexibility index (Phi) is 6.66. The van der Waals surface area contributed by atoms with Gasteiger partial charge in [-0.15, -0.1) is 0 Å². The van der Waals surface area contributed by atoms with Gasteiger partial charge in [0.1, 0.15) is 12.0 Å². The van der Waals surface area contributed by atoms with E-state index in [0.29, 0.717) is 11.5 Å². The van der Waals surface area contributed by atoms with Crippen molar-refractivity contribution in [2.45, 2.75) is 13.1 Å². The number of hydrogen-bond donors (Lipinski definition) is 1. The molecule has 0 saturated carbocycles. The predicted molar refractivity (Wildman–Crippen MR) is 128 cm³/mol. The Bertz CT molecular complexity index is 1360. The van der Waals surface area contributed by atoms with Gasteiger partial charge in [-0.3, -0.25) is 9.69 Å². The highest BCUT2D eigenvalue weighted by molar-refractivity contribution is 5.88. The van der Waals surface area contributed by atoms with E-state index >= 15 is 0 Å². The van der Waals surface area contributed by atoms with E-state index in [1.807, 2.05) is 24.3 Å². The van der Waals surface area contributed by atoms with Gasteiger partial charge in [0.25, 0.3) is 5.91 Å². The number of hydrogen-bond acceptors (Lipinski definition) is 7. The first-order valence-corrected chi connectivity index (χ1v) is 11.3. The summed E-state index contributed by atoms with van der Waals surface area (Å²) in [6.07, 6.45) is 1.28. The van der Waals surface area contributed by atoms with Crippen molar-refractivity contribution in [3.8, 4) is 23.2 Å². The van der Waals surface area contributed by atoms with Crippen LogP contribution in [0.15, 0.2) is 65.4 Å². The van der Waals surface area contributed by atoms with Gasteiger partial charge >= 0.3 is 0 Å². The Balaban J connectivity index is 1.21. The first kappa shape index (κ1) is 22.5. The first-order chi connectivity index (χ1) is 17.1. The second-order valence-electron chi connectivity index (χ2n) is 8.20. The third-order valence-electron chi connectivity index (χ3n) is 5.69. The zero-order valence-electron chi connectivity index (χ0n) is 19.1. The molecule has 1 aliphatic rings. The molecule has 0 atom stereocenters. The van der Waals surface area contributed by atoms with Crippen LogP contribution in [0.3, 0.4) is 0 Å². The van der Waals surface area contributed by atoms with E-state index in [1.54, 1.807) is 6.07 Å². The van der Waals surface area contributed by atoms with Gasteiger partial charge in [-0.05, 0) is 42.0 Å². The quantitative estimate of drug-likeness (QED) is 0.432. The van der Waals surface area contributed by atoms with Crippen LogP contribution in [-0.2, 0) is 17.8 Å². The summed E-state index contributed by atoms with van der Waals surface area (Å²) in [6.45, 7) is 4.74. The lowest BCUT2D eigenvalue weighted by Gasteiger charge is -2.26. The second kappa shape index (κ2) is 10.3. The number of amides is 1. The Morgan fingerprint density at radius 3 is 2.34 bits per heavy atom. The largest absolute Gasteiger partial charge is 0.379 e. The lowest BCUT2D eigenvalue weighted by Crippen LogP contribution is -2.35. The SMILES string of the molecule is NC(=O)c1ncnn1Cc1cc(-c2ccc(C#Cc3ccc(CN4CCOCC4)cc3)cc2)on1. The average molecular weight is 469 g/mol. The Labute approximate surface area is 202 Å². The molecule has 1 amide bonds. The number of rotatable bonds is 6. The fourth-order valence-corrected chi connectivity index (χ4v) is 3.82. The fourth-order valence-electron chi connectivity index (χ4n) is 3.82. The topological polar surface area (TPSA) is 112 Å². The van der Waals surface area contributed by atoms with Gasteiger partial charge in [-0.1, -0.05) is 29.1 Å². The monoisotopic (exact) mass is 468 g/mol. The molecule has 9 nitrogen and oxygen atoms in total. The number of ether oxygens (including phenoxy) is 1. The van der Waals surface area contributed by atoms with Crippen molar-refractivity contribution in [2.24, 2.45) is 5.73 Å². The standard InChI is InChI=1S/C26H24N6O3/c27-25(33)26-28-18-29-32(26)17-23-15-24(35-30-23)22-9-7-20(8-10-22)2-1-19-3-5-21(6-4-19)16-31-11-13-34-14-12-31/h3-10,15,18H,11-14,16-17H2,(H2,27,33). The van der Waals surface area contributed by atoms with E-state index in [9.17, 15) is 4.79 Å². The van der Waals surface area contributed by atoms with Crippen molar-refractivity contribution in [2.75, 3.05) is 26.3 Å². The van der Waals surface area contributed by atoms with Crippen molar-refractivity contribution < 1.29 is 14.1 Å². The summed E-state index contributed by atoms with van der Waals surface area (Å²) in [5.74, 6) is 6.46. The van der Waals surface area contributed by atoms with Gasteiger partial charge < -0.3 is 15.0 Å². The molecule has 5 rings (SSSR count). The van der Waals surface area contributed by atoms with E-state index < -0.39 is 5.91 Å². The van der Waals surface area contributed by atoms with E-state index in [0.717, 1.165) is 49.5 Å². The molecule has 0 aliphatic carbocycles. The third-order valence-corrected chi connectivity index (χ3v) is 5.69. The lowest BCUT2D eigenvalue weighted by molar-refractivity contribution is 0.0342. The molecule has 35 heavy (non-hydrogen) atoms. The average Bonchev–Trinajstić information content (AvgIpc) is 3.55. The summed E-state index contributed by atoms with van der Waals surface area (Å²) in [6, 6.07) is 17.9. The number of carbonyl (C=O) groups excluding carboxylic acids is 1. The molecule has 1 aliphatic heterocycles. The molecule has 2 aromatic heterocycles. The molecule has 0 unspecified atom stereocenters. The van der Waals surface area contributed by atoms with Crippen LogP contribution in [0.2, 0.25) is 0 Å². The van der Waals surface area contributed by atoms with Crippen LogP contribution < -0.4 is 5.73 Å². The summed E-state index contributed by atoms with van der Waals surface area (Å²) in [5, 5.41) is 8.06. The Morgan fingerprint density at radius 1 is 0.971 bits per heavy atom. The summed E-state index contributed by atoms with van der Waals surface area (Å²) in [4.78, 5) is 17.7. The molecule has 3 heterocycles. The number of primary amides is 1. The van der Waals surface area contributed by atoms with E-state index in [2.05, 4.69) is 56.2 Å². The Morgan fingerprint density at radius 2 is 1.66 bits per heavy atom. The molecule has 2 aromatic carbocycles. The molecular weight excluding hydrogens is 444 g/mol. The summed E-state index contributed by atoms with van der Waals surface area (Å²) >= 11 is 0. The van der Waals surface area contributed by atoms with Gasteiger partial charge in [0, 0.05) is 42.4 Å². The highest BCUT2D eigenvalue weighted by Crippen LogP contribution is 2.21. The minimum atomic E-state index is -0.646. The maximum Gasteiger partial charge on any atom is 0.286 e. The van der Waals surface area contributed by atoms with E-state index in [4.69, 9.17) is 15.0 Å². The molecule has 1 saturated heterocycles. The van der Waals surface area contributed by atoms with Crippen LogP contribution in [0, 0.1) is 11.8 Å². The first-order valence-electron chi connectivity index (χ1n) is 11.3. The third kappa shape index (κ3) is 5.63. The number of aromatic nitrogens is 4. The van der Waals surface area contributed by atoms with E-state index in [-0.39, 0.29) is 12.4 Å². The number of nitrogens with zero attached hydrogens (tertiary/aromatic N) is 5. The zero-order chi connectivity index (χ0) is 24.0. The summed E-state index contributed by atoms with van der Waals surface area (Å²) in [7, 11) is 0. The highest BCUT2D eigenvalue weighted by atomic mass is 16.5. The van der Waals surface area contributed by atoms with Crippen molar-refractivity contribution in [1.29, 1.82) is 0 Å². The smallest absolute Gasteiger partial charge is 0.286 e. The minimum absolute atomic E-state index is 0.0734. The van der Waals surface area contributed by atoms with Crippen LogP contribution in [-0.4, -0.2) is 57.0 Å². The second-order valence-corrected chi connectivity index (χ2v) is 8.20. The molecular formula is C26H24N6O3. The van der Waals surface area contributed by atoms with Gasteiger partial charge in [-0.2, -0.15) is 5.10 Å². The van der Waals surface area contributed by atoms with Gasteiger partial charge in [0.15, 0.2) is 5.76 Å². The normalized spacial score (nSPS) is 13.8. The number of benzene rings is 2. The van der Waals surface area contributed by atoms with Crippen LogP contribution in [0.25, 0.3) is 11.3 Å². The van der Waals surface area contributed by atoms with Crippen LogP contribution in [0.1, 0.15) is 33.0 Å². The van der Waals surface area contributed by atoms with Gasteiger partial charge in [0.2, 0.25) is 5.82 Å². The molecule has 9 heteroatoms. The number of nitrogens with two attached hydrogens (primary N) is 1. The van der Waals surface area contributed by atoms with Crippen LogP contribution in [0.4, 0.5) is 0 Å². The predicted octanol–water partition coefficient (Wildman–Crippen LogP) is 2.31. The van der Waals surface area contributed by atoms with Gasteiger partial charge in [-0.25, -0.2) is 9.67 Å². The maximum absolute atomic E-state index is 11.4. The molecule has 1 fully saturated rings. The fraction of sp³-hybridized carbons (Fsp3) is 0.231. The molecule has 176 valence electrons. The molecule has 0 bridgehead atoms. The van der Waals surface area contributed by atoms with Crippen molar-refractivity contribution in [1.82, 2.24) is 24.8 Å². The highest BCUT2D eigenvalue weighted by Gasteiger charge is 2.14. The van der Waals surface area contributed by atoms with Crippen LogP contribution >= 0.6 is 0 Å². The van der Waals surface area contributed by atoms with Crippen molar-refractivity contribution in [3.63, 3.8) is 0 Å². The van der Waals surface area contributed by atoms with Crippen LogP contribution in [0.5, 0.6) is 0 Å². The summed E-state index contributed by atoms with van der Waals surface area (Å²) < 4.78 is 12.3. The lowest BCUT2D eigenvalue weighted by atomic mass is 10.1. The van der Waals surface area contributed by atoms with E-state index in [1.165, 1.54) is 16.6 Å². The van der Waals surface area contributed by atoms with Crippen molar-refractivity contribution >= 4 is 5.91 Å². The van der Waals surface area contributed by atoms with Gasteiger partial charge in [0.05, 0.1) is 19.8 Å². The molecule has 4 aromatic rings. The maximum atomic E-state index is 11.4. The number of carbonyl (C=O) groups is 1. The molecule has 0 radical (unpaired) electrons. The van der Waals surface area contributed by atoms with Crippen molar-refractivity contribution in [3.05, 3.63) is 89.1 Å². The minimum Gasteiger partial charge on any atom is -0.379 e. The molecule has 0 spiro atoms. The Hall–Kier alpha value is -4.26. The molecule has 2 N–H and O–H groups in total.